The summed E-state index contributed by atoms with van der Waals surface area (Å²) in [4.78, 5) is 2.29. The molecule has 0 bridgehead atoms. The van der Waals surface area contributed by atoms with Crippen molar-refractivity contribution in [2.45, 2.75) is 45.3 Å². The molecule has 2 N–H and O–H groups in total. The maximum Gasteiger partial charge on any atom is 0.0606 e. The monoisotopic (exact) mass is 282 g/mol. The Hall–Kier alpha value is -0.770. The largest absolute Gasteiger partial charge is 0.395 e. The van der Waals surface area contributed by atoms with Crippen molar-refractivity contribution in [1.82, 2.24) is 5.32 Å². The Morgan fingerprint density at radius 1 is 1.42 bits per heavy atom. The number of aliphatic hydroxyl groups excluding tert-OH is 1. The Bertz CT molecular complexity index is 419. The zero-order valence-corrected chi connectivity index (χ0v) is 12.5. The van der Waals surface area contributed by atoms with Crippen molar-refractivity contribution in [2.24, 2.45) is 0 Å². The normalized spacial score (nSPS) is 15.0. The summed E-state index contributed by atoms with van der Waals surface area (Å²) in [6, 6.07) is 7.03. The minimum atomic E-state index is 0.181. The van der Waals surface area contributed by atoms with Crippen molar-refractivity contribution < 1.29 is 5.11 Å². The first-order valence-electron chi connectivity index (χ1n) is 7.01. The second-order valence-corrected chi connectivity index (χ2v) is 5.83. The van der Waals surface area contributed by atoms with Gasteiger partial charge in [-0.1, -0.05) is 31.5 Å². The van der Waals surface area contributed by atoms with Crippen molar-refractivity contribution in [3.8, 4) is 0 Å². The Labute approximate surface area is 120 Å². The predicted molar refractivity (Wildman–Crippen MR) is 80.9 cm³/mol. The van der Waals surface area contributed by atoms with Crippen LogP contribution in [0.15, 0.2) is 18.2 Å². The van der Waals surface area contributed by atoms with E-state index in [2.05, 4.69) is 30.1 Å². The van der Waals surface area contributed by atoms with Crippen LogP contribution in [0.3, 0.4) is 0 Å². The fourth-order valence-corrected chi connectivity index (χ4v) is 2.53. The van der Waals surface area contributed by atoms with Gasteiger partial charge in [-0.3, -0.25) is 0 Å². The van der Waals surface area contributed by atoms with Gasteiger partial charge < -0.3 is 15.3 Å². The molecule has 0 radical (unpaired) electrons. The third-order valence-electron chi connectivity index (χ3n) is 3.42. The highest BCUT2D eigenvalue weighted by Gasteiger charge is 2.30. The number of benzene rings is 1. The molecule has 0 heterocycles. The molecular formula is C15H23ClN2O. The number of rotatable bonds is 7. The summed E-state index contributed by atoms with van der Waals surface area (Å²) in [5.41, 5.74) is 2.30. The SMILES string of the molecule is CC(C)NCc1c(Cl)cccc1N(CCO)C1CC1. The van der Waals surface area contributed by atoms with Gasteiger partial charge >= 0.3 is 0 Å². The lowest BCUT2D eigenvalue weighted by Crippen LogP contribution is -2.31. The summed E-state index contributed by atoms with van der Waals surface area (Å²) in [6.45, 7) is 5.88. The molecule has 1 aliphatic carbocycles. The second-order valence-electron chi connectivity index (χ2n) is 5.42. The van der Waals surface area contributed by atoms with Gasteiger partial charge in [-0.05, 0) is 25.0 Å². The Kier molecular flexibility index (Phi) is 5.08. The number of hydrogen-bond donors (Lipinski definition) is 2. The van der Waals surface area contributed by atoms with Gasteiger partial charge in [0, 0.05) is 41.4 Å². The lowest BCUT2D eigenvalue weighted by atomic mass is 10.1. The molecular weight excluding hydrogens is 260 g/mol. The van der Waals surface area contributed by atoms with E-state index in [-0.39, 0.29) is 6.61 Å². The van der Waals surface area contributed by atoms with Crippen LogP contribution in [-0.4, -0.2) is 30.3 Å². The highest BCUT2D eigenvalue weighted by molar-refractivity contribution is 6.31. The van der Waals surface area contributed by atoms with E-state index in [1.54, 1.807) is 0 Å². The van der Waals surface area contributed by atoms with Crippen LogP contribution in [0, 0.1) is 0 Å². The van der Waals surface area contributed by atoms with E-state index in [0.29, 0.717) is 18.6 Å². The smallest absolute Gasteiger partial charge is 0.0606 e. The summed E-state index contributed by atoms with van der Waals surface area (Å²) in [5, 5.41) is 13.5. The van der Waals surface area contributed by atoms with Crippen LogP contribution in [0.4, 0.5) is 5.69 Å². The van der Waals surface area contributed by atoms with E-state index in [1.165, 1.54) is 12.8 Å². The van der Waals surface area contributed by atoms with E-state index < -0.39 is 0 Å². The molecule has 0 aromatic heterocycles. The van der Waals surface area contributed by atoms with Gasteiger partial charge in [0.25, 0.3) is 0 Å². The molecule has 106 valence electrons. The summed E-state index contributed by atoms with van der Waals surface area (Å²) in [5.74, 6) is 0. The minimum absolute atomic E-state index is 0.181. The molecule has 0 unspecified atom stereocenters. The van der Waals surface area contributed by atoms with Crippen LogP contribution < -0.4 is 10.2 Å². The average Bonchev–Trinajstić information content (AvgIpc) is 3.18. The van der Waals surface area contributed by atoms with E-state index in [0.717, 1.165) is 22.8 Å². The van der Waals surface area contributed by atoms with Gasteiger partial charge in [-0.2, -0.15) is 0 Å². The molecule has 0 aliphatic heterocycles. The molecule has 3 nitrogen and oxygen atoms in total. The number of nitrogens with zero attached hydrogens (tertiary/aromatic N) is 1. The number of nitrogens with one attached hydrogen (secondary N) is 1. The van der Waals surface area contributed by atoms with Crippen molar-refractivity contribution in [2.75, 3.05) is 18.1 Å². The van der Waals surface area contributed by atoms with Crippen molar-refractivity contribution in [3.63, 3.8) is 0 Å². The van der Waals surface area contributed by atoms with Crippen LogP contribution in [0.25, 0.3) is 0 Å². The molecule has 1 aromatic rings. The summed E-state index contributed by atoms with van der Waals surface area (Å²) in [6.07, 6.45) is 2.42. The molecule has 0 amide bonds. The fraction of sp³-hybridized carbons (Fsp3) is 0.600. The number of aliphatic hydroxyl groups is 1. The first-order valence-corrected chi connectivity index (χ1v) is 7.39. The first kappa shape index (κ1) is 14.6. The number of anilines is 1. The predicted octanol–water partition coefficient (Wildman–Crippen LogP) is 2.80. The maximum atomic E-state index is 9.26. The third-order valence-corrected chi connectivity index (χ3v) is 3.77. The highest BCUT2D eigenvalue weighted by Crippen LogP contribution is 2.35. The van der Waals surface area contributed by atoms with E-state index in [9.17, 15) is 5.11 Å². The molecule has 1 saturated carbocycles. The Morgan fingerprint density at radius 2 is 2.16 bits per heavy atom. The van der Waals surface area contributed by atoms with Gasteiger partial charge in [0.1, 0.15) is 0 Å². The molecule has 2 rings (SSSR count). The van der Waals surface area contributed by atoms with Gasteiger partial charge in [0.05, 0.1) is 6.61 Å². The van der Waals surface area contributed by atoms with E-state index in [4.69, 9.17) is 11.6 Å². The maximum absolute atomic E-state index is 9.26. The standard InChI is InChI=1S/C15H23ClN2O/c1-11(2)17-10-13-14(16)4-3-5-15(13)18(8-9-19)12-6-7-12/h3-5,11-12,17,19H,6-10H2,1-2H3. The molecule has 0 saturated heterocycles. The molecule has 4 heteroatoms. The Balaban J connectivity index is 2.24. The highest BCUT2D eigenvalue weighted by atomic mass is 35.5. The van der Waals surface area contributed by atoms with Crippen LogP contribution in [0.2, 0.25) is 5.02 Å². The molecule has 1 aromatic carbocycles. The van der Waals surface area contributed by atoms with E-state index >= 15 is 0 Å². The fourth-order valence-electron chi connectivity index (χ4n) is 2.29. The Morgan fingerprint density at radius 3 is 2.74 bits per heavy atom. The quantitative estimate of drug-likeness (QED) is 0.807. The molecule has 1 fully saturated rings. The van der Waals surface area contributed by atoms with Crippen LogP contribution >= 0.6 is 11.6 Å². The zero-order chi connectivity index (χ0) is 13.8. The lowest BCUT2D eigenvalue weighted by molar-refractivity contribution is 0.301. The number of hydrogen-bond acceptors (Lipinski definition) is 3. The van der Waals surface area contributed by atoms with Gasteiger partial charge in [0.2, 0.25) is 0 Å². The first-order chi connectivity index (χ1) is 9.13. The van der Waals surface area contributed by atoms with Gasteiger partial charge in [0.15, 0.2) is 0 Å². The van der Waals surface area contributed by atoms with Gasteiger partial charge in [-0.15, -0.1) is 0 Å². The van der Waals surface area contributed by atoms with Crippen LogP contribution in [0.5, 0.6) is 0 Å². The lowest BCUT2D eigenvalue weighted by Gasteiger charge is -2.27. The molecule has 19 heavy (non-hydrogen) atoms. The molecule has 0 atom stereocenters. The molecule has 0 spiro atoms. The third kappa shape index (κ3) is 3.85. The van der Waals surface area contributed by atoms with Crippen molar-refractivity contribution >= 4 is 17.3 Å². The van der Waals surface area contributed by atoms with Crippen molar-refractivity contribution in [3.05, 3.63) is 28.8 Å². The zero-order valence-electron chi connectivity index (χ0n) is 11.7. The summed E-state index contributed by atoms with van der Waals surface area (Å²) in [7, 11) is 0. The number of halogens is 1. The second kappa shape index (κ2) is 6.60. The van der Waals surface area contributed by atoms with E-state index in [1.807, 2.05) is 12.1 Å². The van der Waals surface area contributed by atoms with Crippen molar-refractivity contribution in [1.29, 1.82) is 0 Å². The van der Waals surface area contributed by atoms with Crippen LogP contribution in [0.1, 0.15) is 32.3 Å². The average molecular weight is 283 g/mol. The molecule has 1 aliphatic rings. The summed E-state index contributed by atoms with van der Waals surface area (Å²) >= 11 is 6.35. The van der Waals surface area contributed by atoms with Gasteiger partial charge in [-0.25, -0.2) is 0 Å². The topological polar surface area (TPSA) is 35.5 Å². The minimum Gasteiger partial charge on any atom is -0.395 e. The summed E-state index contributed by atoms with van der Waals surface area (Å²) < 4.78 is 0. The van der Waals surface area contributed by atoms with Crippen LogP contribution in [-0.2, 0) is 6.54 Å².